The van der Waals surface area contributed by atoms with Crippen LogP contribution in [0.15, 0.2) is 6.07 Å². The van der Waals surface area contributed by atoms with E-state index in [-0.39, 0.29) is 17.8 Å². The van der Waals surface area contributed by atoms with Gasteiger partial charge < -0.3 is 10.5 Å². The standard InChI is InChI=1S/C9H9F5N2O/c1-4-7(8(10)11)5(3-15)2-6(16-4)17-9(12,13)14/h2,8H,3,15H2,1H3. The topological polar surface area (TPSA) is 48.1 Å². The fourth-order valence-corrected chi connectivity index (χ4v) is 1.35. The highest BCUT2D eigenvalue weighted by molar-refractivity contribution is 5.35. The van der Waals surface area contributed by atoms with Gasteiger partial charge >= 0.3 is 6.36 Å². The molecule has 0 amide bonds. The van der Waals surface area contributed by atoms with Crippen LogP contribution in [0.2, 0.25) is 0 Å². The quantitative estimate of drug-likeness (QED) is 0.846. The number of halogens is 5. The highest BCUT2D eigenvalue weighted by Crippen LogP contribution is 2.30. The Morgan fingerprint density at radius 2 is 2.00 bits per heavy atom. The van der Waals surface area contributed by atoms with Gasteiger partial charge in [0.2, 0.25) is 5.88 Å². The van der Waals surface area contributed by atoms with Crippen LogP contribution in [0.4, 0.5) is 22.0 Å². The van der Waals surface area contributed by atoms with E-state index in [1.165, 1.54) is 6.92 Å². The number of hydrogen-bond donors (Lipinski definition) is 1. The molecular weight excluding hydrogens is 247 g/mol. The summed E-state index contributed by atoms with van der Waals surface area (Å²) in [6.45, 7) is 0.848. The zero-order chi connectivity index (χ0) is 13.2. The lowest BCUT2D eigenvalue weighted by Crippen LogP contribution is -2.19. The molecule has 0 bridgehead atoms. The second-order valence-electron chi connectivity index (χ2n) is 3.17. The summed E-state index contributed by atoms with van der Waals surface area (Å²) < 4.78 is 64.5. The molecular formula is C9H9F5N2O. The maximum atomic E-state index is 12.6. The zero-order valence-corrected chi connectivity index (χ0v) is 8.68. The second-order valence-corrected chi connectivity index (χ2v) is 3.17. The van der Waals surface area contributed by atoms with Gasteiger partial charge in [-0.3, -0.25) is 0 Å². The molecule has 3 nitrogen and oxygen atoms in total. The van der Waals surface area contributed by atoms with Crippen LogP contribution in [0.3, 0.4) is 0 Å². The molecule has 1 heterocycles. The van der Waals surface area contributed by atoms with Gasteiger partial charge in [-0.05, 0) is 12.5 Å². The van der Waals surface area contributed by atoms with Crippen molar-refractivity contribution in [1.82, 2.24) is 4.98 Å². The third kappa shape index (κ3) is 3.52. The summed E-state index contributed by atoms with van der Waals surface area (Å²) in [5.74, 6) is -0.792. The lowest BCUT2D eigenvalue weighted by atomic mass is 10.1. The minimum absolute atomic E-state index is 0.119. The van der Waals surface area contributed by atoms with Crippen molar-refractivity contribution in [1.29, 1.82) is 0 Å². The molecule has 17 heavy (non-hydrogen) atoms. The van der Waals surface area contributed by atoms with Gasteiger partial charge in [-0.25, -0.2) is 13.8 Å². The molecule has 0 aliphatic heterocycles. The van der Waals surface area contributed by atoms with Crippen molar-refractivity contribution in [3.8, 4) is 5.88 Å². The van der Waals surface area contributed by atoms with E-state index < -0.39 is 24.2 Å². The van der Waals surface area contributed by atoms with Crippen molar-refractivity contribution in [2.75, 3.05) is 0 Å². The van der Waals surface area contributed by atoms with Gasteiger partial charge in [0, 0.05) is 18.2 Å². The first-order chi connectivity index (χ1) is 7.74. The Kier molecular flexibility index (Phi) is 3.87. The van der Waals surface area contributed by atoms with Crippen LogP contribution in [0.5, 0.6) is 5.88 Å². The van der Waals surface area contributed by atoms with Crippen LogP contribution < -0.4 is 10.5 Å². The summed E-state index contributed by atoms with van der Waals surface area (Å²) in [6.07, 6.45) is -7.77. The Labute approximate surface area is 93.4 Å². The molecule has 0 aliphatic rings. The largest absolute Gasteiger partial charge is 0.574 e. The average Bonchev–Trinajstić information content (AvgIpc) is 2.12. The lowest BCUT2D eigenvalue weighted by Gasteiger charge is -2.13. The van der Waals surface area contributed by atoms with Crippen LogP contribution in [0, 0.1) is 6.92 Å². The number of aromatic nitrogens is 1. The molecule has 0 atom stereocenters. The Bertz CT molecular complexity index is 405. The molecule has 0 spiro atoms. The van der Waals surface area contributed by atoms with E-state index in [9.17, 15) is 22.0 Å². The number of hydrogen-bond acceptors (Lipinski definition) is 3. The molecule has 2 N–H and O–H groups in total. The molecule has 1 rings (SSSR count). The first-order valence-corrected chi connectivity index (χ1v) is 4.49. The molecule has 0 fully saturated rings. The van der Waals surface area contributed by atoms with Crippen molar-refractivity contribution in [3.05, 3.63) is 22.9 Å². The minimum Gasteiger partial charge on any atom is -0.388 e. The van der Waals surface area contributed by atoms with Crippen molar-refractivity contribution in [2.45, 2.75) is 26.3 Å². The van der Waals surface area contributed by atoms with E-state index in [0.29, 0.717) is 0 Å². The normalized spacial score (nSPS) is 12.0. The highest BCUT2D eigenvalue weighted by atomic mass is 19.4. The molecule has 0 saturated carbocycles. The molecule has 0 aromatic carbocycles. The van der Waals surface area contributed by atoms with E-state index >= 15 is 0 Å². The Morgan fingerprint density at radius 3 is 2.41 bits per heavy atom. The molecule has 96 valence electrons. The molecule has 0 aliphatic carbocycles. The van der Waals surface area contributed by atoms with Crippen molar-refractivity contribution >= 4 is 0 Å². The van der Waals surface area contributed by atoms with Gasteiger partial charge in [-0.15, -0.1) is 13.2 Å². The van der Waals surface area contributed by atoms with Crippen LogP contribution in [0.25, 0.3) is 0 Å². The van der Waals surface area contributed by atoms with E-state index in [1.807, 2.05) is 0 Å². The number of alkyl halides is 5. The first kappa shape index (κ1) is 13.6. The summed E-state index contributed by atoms with van der Waals surface area (Å²) >= 11 is 0. The highest BCUT2D eigenvalue weighted by Gasteiger charge is 2.32. The van der Waals surface area contributed by atoms with E-state index in [4.69, 9.17) is 5.73 Å². The third-order valence-corrected chi connectivity index (χ3v) is 1.97. The van der Waals surface area contributed by atoms with Gasteiger partial charge in [0.25, 0.3) is 6.43 Å². The van der Waals surface area contributed by atoms with Gasteiger partial charge in [0.15, 0.2) is 0 Å². The SMILES string of the molecule is Cc1nc(OC(F)(F)F)cc(CN)c1C(F)F. The maximum Gasteiger partial charge on any atom is 0.574 e. The number of pyridine rings is 1. The number of nitrogens with zero attached hydrogens (tertiary/aromatic N) is 1. The molecule has 1 aromatic heterocycles. The van der Waals surface area contributed by atoms with E-state index in [0.717, 1.165) is 6.07 Å². The Morgan fingerprint density at radius 1 is 1.41 bits per heavy atom. The monoisotopic (exact) mass is 256 g/mol. The van der Waals surface area contributed by atoms with Gasteiger partial charge in [-0.2, -0.15) is 0 Å². The van der Waals surface area contributed by atoms with Crippen LogP contribution in [-0.4, -0.2) is 11.3 Å². The number of aryl methyl sites for hydroxylation is 1. The van der Waals surface area contributed by atoms with Gasteiger partial charge in [0.1, 0.15) is 0 Å². The lowest BCUT2D eigenvalue weighted by molar-refractivity contribution is -0.276. The minimum atomic E-state index is -4.92. The summed E-state index contributed by atoms with van der Waals surface area (Å²) in [5, 5.41) is 0. The first-order valence-electron chi connectivity index (χ1n) is 4.49. The van der Waals surface area contributed by atoms with Gasteiger partial charge in [-0.1, -0.05) is 0 Å². The summed E-state index contributed by atoms with van der Waals surface area (Å²) in [4.78, 5) is 3.31. The van der Waals surface area contributed by atoms with Crippen molar-refractivity contribution in [2.24, 2.45) is 5.73 Å². The summed E-state index contributed by atoms with van der Waals surface area (Å²) in [6, 6.07) is 0.766. The molecule has 8 heteroatoms. The number of rotatable bonds is 3. The zero-order valence-electron chi connectivity index (χ0n) is 8.68. The number of nitrogens with two attached hydrogens (primary N) is 1. The second kappa shape index (κ2) is 4.82. The van der Waals surface area contributed by atoms with Crippen molar-refractivity contribution < 1.29 is 26.7 Å². The van der Waals surface area contributed by atoms with Crippen LogP contribution in [-0.2, 0) is 6.54 Å². The summed E-state index contributed by atoms with van der Waals surface area (Å²) in [7, 11) is 0. The maximum absolute atomic E-state index is 12.6. The van der Waals surface area contributed by atoms with Crippen LogP contribution in [0.1, 0.15) is 23.2 Å². The van der Waals surface area contributed by atoms with Gasteiger partial charge in [0.05, 0.1) is 5.69 Å². The fraction of sp³-hybridized carbons (Fsp3) is 0.444. The summed E-state index contributed by atoms with van der Waals surface area (Å²) in [5.41, 5.74) is 4.38. The smallest absolute Gasteiger partial charge is 0.388 e. The predicted octanol–water partition coefficient (Wildman–Crippen LogP) is 2.68. The molecule has 0 saturated heterocycles. The van der Waals surface area contributed by atoms with E-state index in [1.54, 1.807) is 0 Å². The Balaban J connectivity index is 3.18. The molecule has 0 radical (unpaired) electrons. The Hall–Kier alpha value is -1.44. The molecule has 0 unspecified atom stereocenters. The predicted molar refractivity (Wildman–Crippen MR) is 48.5 cm³/mol. The number of ether oxygens (including phenoxy) is 1. The third-order valence-electron chi connectivity index (χ3n) is 1.97. The molecule has 1 aromatic rings. The average molecular weight is 256 g/mol. The van der Waals surface area contributed by atoms with Crippen LogP contribution >= 0.6 is 0 Å². The fourth-order valence-electron chi connectivity index (χ4n) is 1.35. The van der Waals surface area contributed by atoms with E-state index in [2.05, 4.69) is 9.72 Å². The van der Waals surface area contributed by atoms with Crippen molar-refractivity contribution in [3.63, 3.8) is 0 Å².